The molecule has 1 aliphatic rings. The van der Waals surface area contributed by atoms with Gasteiger partial charge in [0.2, 0.25) is 11.9 Å². The maximum absolute atomic E-state index is 13.9. The summed E-state index contributed by atoms with van der Waals surface area (Å²) in [6, 6.07) is 22.2. The van der Waals surface area contributed by atoms with Crippen molar-refractivity contribution in [2.24, 2.45) is 0 Å². The number of imidazole rings is 1. The molecule has 1 saturated carbocycles. The Morgan fingerprint density at radius 3 is 2.30 bits per heavy atom. The number of aliphatic hydroxyl groups is 2. The van der Waals surface area contributed by atoms with Crippen LogP contribution in [-0.2, 0) is 20.7 Å². The van der Waals surface area contributed by atoms with Crippen molar-refractivity contribution in [3.63, 3.8) is 0 Å². The molecule has 2 heterocycles. The van der Waals surface area contributed by atoms with Crippen LogP contribution in [0.4, 0.5) is 29.3 Å². The summed E-state index contributed by atoms with van der Waals surface area (Å²) in [5, 5.41) is 30.5. The minimum Gasteiger partial charge on any atom is -0.451 e. The number of hydrogen-bond donors (Lipinski definition) is 5. The first-order chi connectivity index (χ1) is 25.9. The Bertz CT molecular complexity index is 2030. The summed E-state index contributed by atoms with van der Waals surface area (Å²) in [6.45, 7) is 1.51. The highest BCUT2D eigenvalue weighted by Gasteiger charge is 2.51. The molecule has 1 unspecified atom stereocenters. The van der Waals surface area contributed by atoms with Crippen molar-refractivity contribution >= 4 is 34.8 Å². The highest BCUT2D eigenvalue weighted by molar-refractivity contribution is 5.84. The standard InChI is InChI=1S/C38H39F4N7O5/c1-2-30(51)46-28-18-29(33(32(28)52)54-36(53)38(40,41)42)49-21-44-31-34(43-19-27(23-11-7-4-8-12-23)24-13-15-25(39)16-14-24)47-37(48-35(31)49)45-26(20-50)17-22-9-5-3-6-10-22/h3-16,21,26-29,32-33,50,52H,2,17-20H2,1H3,(H,46,51)(H2,43,45,47,48)/t26-,27?,28-,29+,32+,33-/m0/s1. The van der Waals surface area contributed by atoms with E-state index in [2.05, 4.69) is 25.9 Å². The van der Waals surface area contributed by atoms with E-state index in [9.17, 15) is 37.4 Å². The first-order valence-corrected chi connectivity index (χ1v) is 17.4. The number of hydrogen-bond acceptors (Lipinski definition) is 10. The van der Waals surface area contributed by atoms with Crippen LogP contribution in [-0.4, -0.2) is 85.2 Å². The molecule has 1 amide bonds. The lowest BCUT2D eigenvalue weighted by molar-refractivity contribution is -0.209. The van der Waals surface area contributed by atoms with Gasteiger partial charge in [0.15, 0.2) is 23.1 Å². The van der Waals surface area contributed by atoms with E-state index in [1.54, 1.807) is 19.1 Å². The second-order valence-electron chi connectivity index (χ2n) is 13.0. The molecule has 0 saturated heterocycles. The van der Waals surface area contributed by atoms with Gasteiger partial charge in [-0.05, 0) is 41.7 Å². The summed E-state index contributed by atoms with van der Waals surface area (Å²) in [7, 11) is 0. The van der Waals surface area contributed by atoms with Crippen LogP contribution >= 0.6 is 0 Å². The Kier molecular flexibility index (Phi) is 11.7. The number of aliphatic hydroxyl groups excluding tert-OH is 2. The number of rotatable bonds is 14. The van der Waals surface area contributed by atoms with Gasteiger partial charge in [0, 0.05) is 18.9 Å². The van der Waals surface area contributed by atoms with Crippen molar-refractivity contribution in [1.82, 2.24) is 24.8 Å². The zero-order chi connectivity index (χ0) is 38.4. The number of anilines is 2. The number of aromatic nitrogens is 4. The average molecular weight is 750 g/mol. The van der Waals surface area contributed by atoms with Crippen LogP contribution in [0.25, 0.3) is 11.2 Å². The molecule has 12 nitrogen and oxygen atoms in total. The second kappa shape index (κ2) is 16.6. The van der Waals surface area contributed by atoms with Gasteiger partial charge in [-0.15, -0.1) is 0 Å². The first kappa shape index (κ1) is 38.1. The molecular weight excluding hydrogens is 710 g/mol. The Morgan fingerprint density at radius 1 is 0.981 bits per heavy atom. The molecule has 1 fully saturated rings. The topological polar surface area (TPSA) is 164 Å². The number of halogens is 4. The van der Waals surface area contributed by atoms with Crippen molar-refractivity contribution in [3.05, 3.63) is 114 Å². The van der Waals surface area contributed by atoms with Crippen LogP contribution in [0.3, 0.4) is 0 Å². The number of nitrogens with one attached hydrogen (secondary N) is 3. The summed E-state index contributed by atoms with van der Waals surface area (Å²) in [5.41, 5.74) is 2.96. The molecule has 3 aromatic carbocycles. The van der Waals surface area contributed by atoms with Crippen LogP contribution in [0, 0.1) is 5.82 Å². The van der Waals surface area contributed by atoms with Gasteiger partial charge in [-0.3, -0.25) is 4.79 Å². The van der Waals surface area contributed by atoms with Gasteiger partial charge >= 0.3 is 12.1 Å². The molecule has 0 bridgehead atoms. The summed E-state index contributed by atoms with van der Waals surface area (Å²) in [5.74, 6) is -3.38. The third-order valence-corrected chi connectivity index (χ3v) is 9.37. The lowest BCUT2D eigenvalue weighted by Crippen LogP contribution is -2.45. The Hall–Kier alpha value is -5.61. The fourth-order valence-corrected chi connectivity index (χ4v) is 6.65. The van der Waals surface area contributed by atoms with Gasteiger partial charge in [0.05, 0.1) is 31.1 Å². The minimum atomic E-state index is -5.35. The fraction of sp³-hybridized carbons (Fsp3) is 0.342. The smallest absolute Gasteiger partial charge is 0.451 e. The van der Waals surface area contributed by atoms with Gasteiger partial charge in [-0.2, -0.15) is 23.1 Å². The Morgan fingerprint density at radius 2 is 1.65 bits per heavy atom. The predicted octanol–water partition coefficient (Wildman–Crippen LogP) is 4.90. The van der Waals surface area contributed by atoms with Crippen LogP contribution in [0.5, 0.6) is 0 Å². The molecule has 5 aromatic rings. The number of nitrogens with zero attached hydrogens (tertiary/aromatic N) is 4. The van der Waals surface area contributed by atoms with Crippen molar-refractivity contribution in [2.45, 2.75) is 68.6 Å². The molecule has 6 rings (SSSR count). The number of amides is 1. The van der Waals surface area contributed by atoms with Gasteiger partial charge in [-0.25, -0.2) is 14.2 Å². The van der Waals surface area contributed by atoms with Crippen molar-refractivity contribution in [3.8, 4) is 0 Å². The lowest BCUT2D eigenvalue weighted by atomic mass is 9.91. The molecule has 54 heavy (non-hydrogen) atoms. The number of fused-ring (bicyclic) bond motifs is 1. The van der Waals surface area contributed by atoms with Crippen molar-refractivity contribution in [2.75, 3.05) is 23.8 Å². The highest BCUT2D eigenvalue weighted by atomic mass is 19.4. The van der Waals surface area contributed by atoms with Crippen molar-refractivity contribution in [1.29, 1.82) is 0 Å². The number of benzene rings is 3. The number of ether oxygens (including phenoxy) is 1. The van der Waals surface area contributed by atoms with E-state index in [4.69, 9.17) is 9.72 Å². The SMILES string of the molecule is CCC(=O)N[C@H]1C[C@@H](n2cnc3c(NCC(c4ccccc4)c4ccc(F)cc4)nc(N[C@H](CO)Cc4ccccc4)nc32)[C@H](OC(=O)C(F)(F)F)[C@@H]1O. The largest absolute Gasteiger partial charge is 0.490 e. The maximum Gasteiger partial charge on any atom is 0.490 e. The predicted molar refractivity (Wildman–Crippen MR) is 191 cm³/mol. The molecule has 1 aliphatic carbocycles. The number of esters is 1. The molecule has 0 spiro atoms. The zero-order valence-electron chi connectivity index (χ0n) is 29.1. The molecule has 2 aromatic heterocycles. The van der Waals surface area contributed by atoms with E-state index in [-0.39, 0.29) is 60.7 Å². The third-order valence-electron chi connectivity index (χ3n) is 9.37. The van der Waals surface area contributed by atoms with Crippen LogP contribution in [0.1, 0.15) is 48.4 Å². The summed E-state index contributed by atoms with van der Waals surface area (Å²) in [4.78, 5) is 38.3. The van der Waals surface area contributed by atoms with Gasteiger partial charge in [-0.1, -0.05) is 79.7 Å². The molecule has 16 heteroatoms. The molecular formula is C38H39F4N7O5. The Balaban J connectivity index is 1.41. The summed E-state index contributed by atoms with van der Waals surface area (Å²) < 4.78 is 60.5. The molecule has 0 aliphatic heterocycles. The van der Waals surface area contributed by atoms with E-state index >= 15 is 0 Å². The summed E-state index contributed by atoms with van der Waals surface area (Å²) >= 11 is 0. The quantitative estimate of drug-likeness (QED) is 0.0780. The maximum atomic E-state index is 13.9. The zero-order valence-corrected chi connectivity index (χ0v) is 29.1. The van der Waals surface area contributed by atoms with Gasteiger partial charge in [0.25, 0.3) is 0 Å². The number of alkyl halides is 3. The molecule has 284 valence electrons. The van der Waals surface area contributed by atoms with Crippen LogP contribution < -0.4 is 16.0 Å². The first-order valence-electron chi connectivity index (χ1n) is 17.4. The highest BCUT2D eigenvalue weighted by Crippen LogP contribution is 2.38. The molecule has 0 radical (unpaired) electrons. The lowest BCUT2D eigenvalue weighted by Gasteiger charge is -2.25. The van der Waals surface area contributed by atoms with E-state index < -0.39 is 48.4 Å². The van der Waals surface area contributed by atoms with E-state index in [1.165, 1.54) is 23.0 Å². The molecule has 5 N–H and O–H groups in total. The van der Waals surface area contributed by atoms with Gasteiger partial charge < -0.3 is 35.5 Å². The third kappa shape index (κ3) is 8.77. The van der Waals surface area contributed by atoms with Crippen LogP contribution in [0.15, 0.2) is 91.3 Å². The fourth-order valence-electron chi connectivity index (χ4n) is 6.65. The Labute approximate surface area is 307 Å². The van der Waals surface area contributed by atoms with Crippen LogP contribution in [0.2, 0.25) is 0 Å². The monoisotopic (exact) mass is 749 g/mol. The second-order valence-corrected chi connectivity index (χ2v) is 13.0. The van der Waals surface area contributed by atoms with Gasteiger partial charge in [0.1, 0.15) is 11.9 Å². The van der Waals surface area contributed by atoms with Crippen molar-refractivity contribution < 1.29 is 42.1 Å². The normalized spacial score (nSPS) is 19.6. The minimum absolute atomic E-state index is 0.0398. The number of carbonyl (C=O) groups excluding carboxylic acids is 2. The van der Waals surface area contributed by atoms with E-state index in [1.807, 2.05) is 60.7 Å². The van der Waals surface area contributed by atoms with E-state index in [0.29, 0.717) is 6.42 Å². The average Bonchev–Trinajstić information content (AvgIpc) is 3.72. The van der Waals surface area contributed by atoms with E-state index in [0.717, 1.165) is 16.7 Å². The molecule has 6 atom stereocenters. The number of carbonyl (C=O) groups is 2. The summed E-state index contributed by atoms with van der Waals surface area (Å²) in [6.07, 6.45) is -7.18.